The summed E-state index contributed by atoms with van der Waals surface area (Å²) in [6.45, 7) is 0.279. The molecule has 2 rings (SSSR count). The first-order valence-electron chi connectivity index (χ1n) is 4.18. The van der Waals surface area contributed by atoms with E-state index in [0.717, 1.165) is 6.42 Å². The van der Waals surface area contributed by atoms with Crippen LogP contribution < -0.4 is 0 Å². The Labute approximate surface area is 66.5 Å². The molecule has 1 atom stereocenters. The third-order valence-corrected chi connectivity index (χ3v) is 2.44. The van der Waals surface area contributed by atoms with Gasteiger partial charge in [-0.25, -0.2) is 0 Å². The van der Waals surface area contributed by atoms with E-state index in [9.17, 15) is 0 Å². The number of nitrogens with zero attached hydrogens (tertiary/aromatic N) is 1. The molecule has 0 saturated carbocycles. The van der Waals surface area contributed by atoms with Gasteiger partial charge in [0.2, 0.25) is 0 Å². The van der Waals surface area contributed by atoms with E-state index in [4.69, 9.17) is 5.11 Å². The summed E-state index contributed by atoms with van der Waals surface area (Å²) in [6.07, 6.45) is 5.58. The number of aliphatic hydroxyl groups is 1. The van der Waals surface area contributed by atoms with Crippen molar-refractivity contribution in [2.24, 2.45) is 0 Å². The molecule has 0 amide bonds. The lowest BCUT2D eigenvalue weighted by Crippen LogP contribution is -2.19. The van der Waals surface area contributed by atoms with E-state index in [1.807, 2.05) is 0 Å². The van der Waals surface area contributed by atoms with Gasteiger partial charge in [-0.2, -0.15) is 0 Å². The van der Waals surface area contributed by atoms with Gasteiger partial charge in [-0.15, -0.1) is 0 Å². The zero-order valence-electron chi connectivity index (χ0n) is 6.53. The molecular weight excluding hydrogens is 138 g/mol. The van der Waals surface area contributed by atoms with Crippen LogP contribution in [0, 0.1) is 0 Å². The fourth-order valence-corrected chi connectivity index (χ4v) is 1.83. The van der Waals surface area contributed by atoms with Crippen LogP contribution in [0.15, 0.2) is 18.3 Å². The predicted molar refractivity (Wildman–Crippen MR) is 43.5 cm³/mol. The SMILES string of the molecule is OC[C@H]1CCCc2cccn21. The Morgan fingerprint density at radius 1 is 1.64 bits per heavy atom. The lowest BCUT2D eigenvalue weighted by atomic mass is 10.0. The molecule has 60 valence electrons. The fourth-order valence-electron chi connectivity index (χ4n) is 1.83. The van der Waals surface area contributed by atoms with Crippen molar-refractivity contribution in [2.75, 3.05) is 6.61 Å². The second-order valence-corrected chi connectivity index (χ2v) is 3.14. The van der Waals surface area contributed by atoms with Crippen molar-refractivity contribution < 1.29 is 5.11 Å². The predicted octanol–water partition coefficient (Wildman–Crippen LogP) is 1.36. The van der Waals surface area contributed by atoms with E-state index in [2.05, 4.69) is 22.9 Å². The molecule has 0 bridgehead atoms. The van der Waals surface area contributed by atoms with Crippen LogP contribution in [-0.4, -0.2) is 16.3 Å². The maximum absolute atomic E-state index is 9.04. The van der Waals surface area contributed by atoms with Gasteiger partial charge in [-0.1, -0.05) is 0 Å². The van der Waals surface area contributed by atoms with Gasteiger partial charge >= 0.3 is 0 Å². The maximum Gasteiger partial charge on any atom is 0.0638 e. The highest BCUT2D eigenvalue weighted by Crippen LogP contribution is 2.24. The molecule has 0 unspecified atom stereocenters. The number of aryl methyl sites for hydroxylation is 1. The van der Waals surface area contributed by atoms with Gasteiger partial charge in [0.1, 0.15) is 0 Å². The molecule has 2 nitrogen and oxygen atoms in total. The molecule has 0 fully saturated rings. The van der Waals surface area contributed by atoms with Gasteiger partial charge in [0.05, 0.1) is 12.6 Å². The molecule has 2 heteroatoms. The van der Waals surface area contributed by atoms with Gasteiger partial charge in [-0.05, 0) is 31.4 Å². The summed E-state index contributed by atoms with van der Waals surface area (Å²) in [6, 6.07) is 4.54. The molecule has 1 aromatic heterocycles. The van der Waals surface area contributed by atoms with Gasteiger partial charge in [0.25, 0.3) is 0 Å². The fraction of sp³-hybridized carbons (Fsp3) is 0.556. The molecule has 0 saturated heterocycles. The molecule has 0 aromatic carbocycles. The normalized spacial score (nSPS) is 23.2. The van der Waals surface area contributed by atoms with Crippen molar-refractivity contribution in [3.05, 3.63) is 24.0 Å². The van der Waals surface area contributed by atoms with Crippen LogP contribution >= 0.6 is 0 Å². The van der Waals surface area contributed by atoms with Crippen LogP contribution in [0.2, 0.25) is 0 Å². The zero-order chi connectivity index (χ0) is 7.68. The Balaban J connectivity index is 2.32. The Hall–Kier alpha value is -0.760. The standard InChI is InChI=1S/C9H13NO/c11-7-9-4-1-3-8-5-2-6-10(8)9/h2,5-6,9,11H,1,3-4,7H2/t9-/m1/s1. The van der Waals surface area contributed by atoms with Crippen LogP contribution in [0.25, 0.3) is 0 Å². The highest BCUT2D eigenvalue weighted by molar-refractivity contribution is 5.10. The first kappa shape index (κ1) is 6.92. The lowest BCUT2D eigenvalue weighted by molar-refractivity contribution is 0.207. The van der Waals surface area contributed by atoms with Gasteiger partial charge < -0.3 is 9.67 Å². The van der Waals surface area contributed by atoms with Crippen molar-refractivity contribution in [3.63, 3.8) is 0 Å². The number of fused-ring (bicyclic) bond motifs is 1. The van der Waals surface area contributed by atoms with Gasteiger partial charge in [0, 0.05) is 11.9 Å². The number of hydrogen-bond donors (Lipinski definition) is 1. The van der Waals surface area contributed by atoms with Crippen molar-refractivity contribution in [1.29, 1.82) is 0 Å². The molecular formula is C9H13NO. The van der Waals surface area contributed by atoms with Crippen LogP contribution in [0.5, 0.6) is 0 Å². The smallest absolute Gasteiger partial charge is 0.0638 e. The summed E-state index contributed by atoms with van der Waals surface area (Å²) in [5.74, 6) is 0. The minimum Gasteiger partial charge on any atom is -0.394 e. The minimum atomic E-state index is 0.279. The molecule has 1 N–H and O–H groups in total. The third-order valence-electron chi connectivity index (χ3n) is 2.44. The van der Waals surface area contributed by atoms with E-state index in [0.29, 0.717) is 6.04 Å². The first-order chi connectivity index (χ1) is 5.42. The van der Waals surface area contributed by atoms with Crippen LogP contribution in [0.3, 0.4) is 0 Å². The second kappa shape index (κ2) is 2.70. The molecule has 1 aromatic rings. The summed E-state index contributed by atoms with van der Waals surface area (Å²) in [5, 5.41) is 9.04. The number of aliphatic hydroxyl groups excluding tert-OH is 1. The molecule has 1 aliphatic heterocycles. The summed E-state index contributed by atoms with van der Waals surface area (Å²) in [4.78, 5) is 0. The van der Waals surface area contributed by atoms with E-state index in [1.165, 1.54) is 18.5 Å². The van der Waals surface area contributed by atoms with Crippen molar-refractivity contribution >= 4 is 0 Å². The van der Waals surface area contributed by atoms with Crippen molar-refractivity contribution in [2.45, 2.75) is 25.3 Å². The summed E-state index contributed by atoms with van der Waals surface area (Å²) >= 11 is 0. The van der Waals surface area contributed by atoms with E-state index < -0.39 is 0 Å². The third kappa shape index (κ3) is 1.07. The number of rotatable bonds is 1. The molecule has 0 radical (unpaired) electrons. The quantitative estimate of drug-likeness (QED) is 0.644. The Kier molecular flexibility index (Phi) is 1.70. The van der Waals surface area contributed by atoms with Crippen LogP contribution in [0.1, 0.15) is 24.6 Å². The second-order valence-electron chi connectivity index (χ2n) is 3.14. The topological polar surface area (TPSA) is 25.2 Å². The van der Waals surface area contributed by atoms with Crippen molar-refractivity contribution in [3.8, 4) is 0 Å². The number of aromatic nitrogens is 1. The van der Waals surface area contributed by atoms with Gasteiger partial charge in [0.15, 0.2) is 0 Å². The summed E-state index contributed by atoms with van der Waals surface area (Å²) in [5.41, 5.74) is 1.37. The molecule has 1 aliphatic rings. The lowest BCUT2D eigenvalue weighted by Gasteiger charge is -2.24. The monoisotopic (exact) mass is 151 g/mol. The highest BCUT2D eigenvalue weighted by Gasteiger charge is 2.16. The highest BCUT2D eigenvalue weighted by atomic mass is 16.3. The summed E-state index contributed by atoms with van der Waals surface area (Å²) in [7, 11) is 0. The average Bonchev–Trinajstić information content (AvgIpc) is 2.50. The maximum atomic E-state index is 9.04. The average molecular weight is 151 g/mol. The van der Waals surface area contributed by atoms with Gasteiger partial charge in [-0.3, -0.25) is 0 Å². The Morgan fingerprint density at radius 2 is 2.55 bits per heavy atom. The van der Waals surface area contributed by atoms with E-state index >= 15 is 0 Å². The minimum absolute atomic E-state index is 0.279. The van der Waals surface area contributed by atoms with Crippen LogP contribution in [0.4, 0.5) is 0 Å². The Bertz CT molecular complexity index is 241. The zero-order valence-corrected chi connectivity index (χ0v) is 6.53. The molecule has 2 heterocycles. The largest absolute Gasteiger partial charge is 0.394 e. The van der Waals surface area contributed by atoms with Crippen LogP contribution in [-0.2, 0) is 6.42 Å². The van der Waals surface area contributed by atoms with Crippen molar-refractivity contribution in [1.82, 2.24) is 4.57 Å². The van der Waals surface area contributed by atoms with E-state index in [1.54, 1.807) is 0 Å². The first-order valence-corrected chi connectivity index (χ1v) is 4.18. The molecule has 11 heavy (non-hydrogen) atoms. The van der Waals surface area contributed by atoms with E-state index in [-0.39, 0.29) is 6.61 Å². The number of hydrogen-bond acceptors (Lipinski definition) is 1. The Morgan fingerprint density at radius 3 is 3.36 bits per heavy atom. The molecule has 0 spiro atoms. The molecule has 0 aliphatic carbocycles. The summed E-state index contributed by atoms with van der Waals surface area (Å²) < 4.78 is 2.20.